The predicted octanol–water partition coefficient (Wildman–Crippen LogP) is 4.20. The zero-order chi connectivity index (χ0) is 20.5. The minimum atomic E-state index is -0.701. The quantitative estimate of drug-likeness (QED) is 0.729. The number of hydrogen-bond donors (Lipinski definition) is 0. The number of anilines is 1. The van der Waals surface area contributed by atoms with E-state index in [2.05, 4.69) is 6.07 Å². The maximum Gasteiger partial charge on any atom is 0.314 e. The van der Waals surface area contributed by atoms with Crippen LogP contribution in [0.25, 0.3) is 0 Å². The predicted molar refractivity (Wildman–Crippen MR) is 107 cm³/mol. The molecule has 0 spiro atoms. The van der Waals surface area contributed by atoms with Gasteiger partial charge in [0.2, 0.25) is 5.88 Å². The number of carbonyl (C=O) groups excluding carboxylic acids is 1. The minimum absolute atomic E-state index is 0.203. The zero-order valence-corrected chi connectivity index (χ0v) is 16.6. The number of hydrogen-bond acceptors (Lipinski definition) is 6. The van der Waals surface area contributed by atoms with Crippen molar-refractivity contribution in [3.05, 3.63) is 65.6 Å². The third kappa shape index (κ3) is 2.99. The van der Waals surface area contributed by atoms with Gasteiger partial charge < -0.3 is 19.1 Å². The second-order valence-electron chi connectivity index (χ2n) is 7.08. The highest BCUT2D eigenvalue weighted by Gasteiger charge is 2.49. The van der Waals surface area contributed by atoms with Crippen molar-refractivity contribution in [1.29, 1.82) is 5.26 Å². The number of nitriles is 1. The zero-order valence-electron chi connectivity index (χ0n) is 16.6. The van der Waals surface area contributed by atoms with Crippen LogP contribution in [0, 0.1) is 23.2 Å². The molecule has 2 aliphatic rings. The van der Waals surface area contributed by atoms with Gasteiger partial charge >= 0.3 is 5.97 Å². The van der Waals surface area contributed by atoms with Gasteiger partial charge in [-0.2, -0.15) is 5.26 Å². The van der Waals surface area contributed by atoms with Crippen LogP contribution in [0.3, 0.4) is 0 Å². The van der Waals surface area contributed by atoms with Crippen molar-refractivity contribution in [3.63, 3.8) is 0 Å². The summed E-state index contributed by atoms with van der Waals surface area (Å²) in [6.07, 6.45) is 0. The molecule has 3 atom stereocenters. The van der Waals surface area contributed by atoms with E-state index < -0.39 is 11.9 Å². The highest BCUT2D eigenvalue weighted by Crippen LogP contribution is 2.53. The van der Waals surface area contributed by atoms with Gasteiger partial charge in [-0.25, -0.2) is 0 Å². The molecule has 0 fully saturated rings. The fourth-order valence-corrected chi connectivity index (χ4v) is 4.22. The van der Waals surface area contributed by atoms with Crippen LogP contribution in [0.2, 0.25) is 0 Å². The molecule has 0 aromatic heterocycles. The van der Waals surface area contributed by atoms with Crippen molar-refractivity contribution in [3.8, 4) is 17.6 Å². The molecule has 0 radical (unpaired) electrons. The molecule has 0 N–H and O–H groups in total. The summed E-state index contributed by atoms with van der Waals surface area (Å²) in [6, 6.07) is 17.4. The summed E-state index contributed by atoms with van der Waals surface area (Å²) in [5.74, 6) is 0.520. The van der Waals surface area contributed by atoms with Crippen LogP contribution >= 0.6 is 0 Å². The lowest BCUT2D eigenvalue weighted by atomic mass is 9.76. The van der Waals surface area contributed by atoms with Crippen molar-refractivity contribution < 1.29 is 19.0 Å². The summed E-state index contributed by atoms with van der Waals surface area (Å²) in [6.45, 7) is 4.00. The highest BCUT2D eigenvalue weighted by atomic mass is 16.5. The normalized spacial score (nSPS) is 22.3. The molecule has 0 amide bonds. The molecule has 6 nitrogen and oxygen atoms in total. The van der Waals surface area contributed by atoms with Gasteiger partial charge in [-0.15, -0.1) is 0 Å². The van der Waals surface area contributed by atoms with Crippen LogP contribution in [-0.4, -0.2) is 19.7 Å². The summed E-state index contributed by atoms with van der Waals surface area (Å²) in [5.41, 5.74) is 2.18. The standard InChI is InChI=1S/C23H22N2O4/c1-4-28-23(26)20-14(2)21(15-9-11-16(27-3)12-10-15)25-18-7-5-6-8-19(18)29-22(25)17(20)13-24/h5-12,14,20-21H,4H2,1-3H3/t14-,20-,21-/m0/s1. The smallest absolute Gasteiger partial charge is 0.314 e. The Morgan fingerprint density at radius 3 is 2.59 bits per heavy atom. The number of rotatable bonds is 4. The molecule has 4 rings (SSSR count). The first kappa shape index (κ1) is 18.9. The van der Waals surface area contributed by atoms with E-state index in [0.29, 0.717) is 17.2 Å². The van der Waals surface area contributed by atoms with Crippen LogP contribution in [-0.2, 0) is 9.53 Å². The van der Waals surface area contributed by atoms with Crippen molar-refractivity contribution >= 4 is 11.7 Å². The molecule has 148 valence electrons. The van der Waals surface area contributed by atoms with Gasteiger partial charge in [0, 0.05) is 0 Å². The maximum absolute atomic E-state index is 12.8. The Labute approximate surface area is 169 Å². The molecule has 2 aromatic carbocycles. The minimum Gasteiger partial charge on any atom is -0.497 e. The molecule has 0 saturated carbocycles. The van der Waals surface area contributed by atoms with Gasteiger partial charge in [-0.3, -0.25) is 4.79 Å². The van der Waals surface area contributed by atoms with Crippen LogP contribution in [0.5, 0.6) is 11.5 Å². The van der Waals surface area contributed by atoms with Gasteiger partial charge in [-0.1, -0.05) is 31.2 Å². The van der Waals surface area contributed by atoms with E-state index >= 15 is 0 Å². The molecule has 0 aliphatic carbocycles. The molecule has 0 bridgehead atoms. The monoisotopic (exact) mass is 390 g/mol. The van der Waals surface area contributed by atoms with Crippen molar-refractivity contribution in [2.45, 2.75) is 19.9 Å². The molecule has 0 saturated heterocycles. The molecular formula is C23H22N2O4. The number of nitrogens with zero attached hydrogens (tertiary/aromatic N) is 2. The van der Waals surface area contributed by atoms with E-state index in [1.54, 1.807) is 14.0 Å². The van der Waals surface area contributed by atoms with E-state index in [4.69, 9.17) is 14.2 Å². The maximum atomic E-state index is 12.8. The van der Waals surface area contributed by atoms with Crippen LogP contribution < -0.4 is 14.4 Å². The van der Waals surface area contributed by atoms with E-state index in [-0.39, 0.29) is 18.6 Å². The number of para-hydroxylation sites is 2. The fourth-order valence-electron chi connectivity index (χ4n) is 4.22. The van der Waals surface area contributed by atoms with Crippen LogP contribution in [0.1, 0.15) is 25.5 Å². The molecule has 2 heterocycles. The van der Waals surface area contributed by atoms with Gasteiger partial charge in [0.15, 0.2) is 5.75 Å². The summed E-state index contributed by atoms with van der Waals surface area (Å²) < 4.78 is 16.7. The summed E-state index contributed by atoms with van der Waals surface area (Å²) in [7, 11) is 1.62. The first-order valence-electron chi connectivity index (χ1n) is 9.61. The Morgan fingerprint density at radius 2 is 1.93 bits per heavy atom. The van der Waals surface area contributed by atoms with E-state index in [0.717, 1.165) is 17.0 Å². The molecular weight excluding hydrogens is 368 g/mol. The fraction of sp³-hybridized carbons (Fsp3) is 0.304. The number of benzene rings is 2. The third-order valence-electron chi connectivity index (χ3n) is 5.51. The number of fused-ring (bicyclic) bond motifs is 3. The van der Waals surface area contributed by atoms with Gasteiger partial charge in [-0.05, 0) is 42.7 Å². The summed E-state index contributed by atoms with van der Waals surface area (Å²) in [5, 5.41) is 9.91. The molecule has 2 aromatic rings. The average Bonchev–Trinajstić information content (AvgIpc) is 3.12. The van der Waals surface area contributed by atoms with E-state index in [1.807, 2.05) is 60.4 Å². The number of carbonyl (C=O) groups is 1. The summed E-state index contributed by atoms with van der Waals surface area (Å²) in [4.78, 5) is 14.8. The summed E-state index contributed by atoms with van der Waals surface area (Å²) >= 11 is 0. The Morgan fingerprint density at radius 1 is 1.21 bits per heavy atom. The average molecular weight is 390 g/mol. The highest BCUT2D eigenvalue weighted by molar-refractivity contribution is 5.81. The van der Waals surface area contributed by atoms with E-state index in [1.165, 1.54) is 0 Å². The number of methoxy groups -OCH3 is 1. The van der Waals surface area contributed by atoms with Crippen molar-refractivity contribution in [2.75, 3.05) is 18.6 Å². The van der Waals surface area contributed by atoms with Crippen LogP contribution in [0.4, 0.5) is 5.69 Å². The first-order valence-corrected chi connectivity index (χ1v) is 9.61. The molecule has 29 heavy (non-hydrogen) atoms. The molecule has 0 unspecified atom stereocenters. The van der Waals surface area contributed by atoms with Crippen LogP contribution in [0.15, 0.2) is 60.0 Å². The second-order valence-corrected chi connectivity index (χ2v) is 7.08. The van der Waals surface area contributed by atoms with E-state index in [9.17, 15) is 10.1 Å². The third-order valence-corrected chi connectivity index (χ3v) is 5.51. The second kappa shape index (κ2) is 7.51. The van der Waals surface area contributed by atoms with Gasteiger partial charge in [0.05, 0.1) is 25.4 Å². The SMILES string of the molecule is CCOC(=O)[C@@H]1C(C#N)=C2Oc3ccccc3N2[C@H](c2ccc(OC)cc2)[C@H]1C. The lowest BCUT2D eigenvalue weighted by Gasteiger charge is -2.41. The van der Waals surface area contributed by atoms with Gasteiger partial charge in [0.25, 0.3) is 0 Å². The van der Waals surface area contributed by atoms with Gasteiger partial charge in [0.1, 0.15) is 23.3 Å². The Hall–Kier alpha value is -3.46. The number of esters is 1. The number of ether oxygens (including phenoxy) is 3. The molecule has 6 heteroatoms. The van der Waals surface area contributed by atoms with Crippen molar-refractivity contribution in [1.82, 2.24) is 0 Å². The lowest BCUT2D eigenvalue weighted by molar-refractivity contribution is -0.148. The topological polar surface area (TPSA) is 71.8 Å². The first-order chi connectivity index (χ1) is 14.1. The Kier molecular flexibility index (Phi) is 4.89. The Bertz CT molecular complexity index is 1010. The molecule has 2 aliphatic heterocycles. The Balaban J connectivity index is 1.90. The van der Waals surface area contributed by atoms with Crippen molar-refractivity contribution in [2.24, 2.45) is 11.8 Å². The largest absolute Gasteiger partial charge is 0.497 e. The lowest BCUT2D eigenvalue weighted by Crippen LogP contribution is -2.43.